The van der Waals surface area contributed by atoms with Crippen LogP contribution in [0.1, 0.15) is 0 Å². The number of halogens is 1. The Kier molecular flexibility index (Phi) is 4.01. The summed E-state index contributed by atoms with van der Waals surface area (Å²) in [6, 6.07) is 9.35. The zero-order chi connectivity index (χ0) is 16.6. The smallest absolute Gasteiger partial charge is 0.274 e. The highest BCUT2D eigenvalue weighted by atomic mass is 79.9. The van der Waals surface area contributed by atoms with Crippen LogP contribution in [-0.4, -0.2) is 20.2 Å². The van der Waals surface area contributed by atoms with E-state index in [1.165, 1.54) is 0 Å². The van der Waals surface area contributed by atoms with E-state index in [4.69, 9.17) is 0 Å². The van der Waals surface area contributed by atoms with Gasteiger partial charge in [-0.2, -0.15) is 0 Å². The number of nitrogens with zero attached hydrogens (tertiary/aromatic N) is 2. The molecule has 0 saturated carbocycles. The average molecular weight is 397 g/mol. The van der Waals surface area contributed by atoms with Crippen LogP contribution in [0.5, 0.6) is 5.75 Å². The molecule has 0 saturated heterocycles. The number of phenolic OH excluding ortho intramolecular Hbond substituents is 1. The molecule has 0 spiro atoms. The lowest BCUT2D eigenvalue weighted by Crippen LogP contribution is -2.26. The lowest BCUT2D eigenvalue weighted by atomic mass is 10.2. The summed E-state index contributed by atoms with van der Waals surface area (Å²) in [4.78, 5) is 10.2. The number of phenols is 1. The number of hydrogen-bond acceptors (Lipinski definition) is 6. The van der Waals surface area contributed by atoms with E-state index in [0.717, 1.165) is 16.6 Å². The predicted octanol–water partition coefficient (Wildman–Crippen LogP) is 2.98. The summed E-state index contributed by atoms with van der Waals surface area (Å²) in [6.45, 7) is 0. The molecule has 0 amide bonds. The molecule has 0 aliphatic carbocycles. The Bertz CT molecular complexity index is 871. The molecule has 8 nitrogen and oxygen atoms in total. The minimum atomic E-state index is -1.88. The average Bonchev–Trinajstić information content (AvgIpc) is 2.50. The molecule has 23 heavy (non-hydrogen) atoms. The zero-order valence-electron chi connectivity index (χ0n) is 11.3. The van der Waals surface area contributed by atoms with E-state index in [1.54, 1.807) is 6.07 Å². The molecule has 3 N–H and O–H groups in total. The highest BCUT2D eigenvalue weighted by molar-refractivity contribution is 9.10. The van der Waals surface area contributed by atoms with Gasteiger partial charge in [-0.25, -0.2) is 4.21 Å². The van der Waals surface area contributed by atoms with E-state index < -0.39 is 15.9 Å². The van der Waals surface area contributed by atoms with Crippen molar-refractivity contribution in [2.75, 3.05) is 10.6 Å². The van der Waals surface area contributed by atoms with Crippen molar-refractivity contribution in [2.24, 2.45) is 4.40 Å². The number of para-hydroxylation sites is 1. The molecular formula is C13H9BrN4O4S. The third-order valence-electron chi connectivity index (χ3n) is 3.01. The highest BCUT2D eigenvalue weighted by Crippen LogP contribution is 2.37. The molecule has 2 aromatic rings. The predicted molar refractivity (Wildman–Crippen MR) is 90.0 cm³/mol. The van der Waals surface area contributed by atoms with Gasteiger partial charge in [-0.1, -0.05) is 12.1 Å². The highest BCUT2D eigenvalue weighted by Gasteiger charge is 2.25. The Morgan fingerprint density at radius 1 is 1.35 bits per heavy atom. The zero-order valence-corrected chi connectivity index (χ0v) is 13.7. The molecule has 10 heteroatoms. The van der Waals surface area contributed by atoms with Crippen molar-refractivity contribution in [1.29, 1.82) is 0 Å². The first-order valence-corrected chi connectivity index (χ1v) is 8.16. The first-order chi connectivity index (χ1) is 11.0. The Hall–Kier alpha value is -2.46. The third kappa shape index (κ3) is 3.03. The number of non-ortho nitro benzene ring substituents is 1. The van der Waals surface area contributed by atoms with Crippen LogP contribution in [0.4, 0.5) is 17.1 Å². The number of fused-ring (bicyclic) bond motifs is 1. The van der Waals surface area contributed by atoms with Crippen LogP contribution in [0.3, 0.4) is 0 Å². The molecule has 3 rings (SSSR count). The van der Waals surface area contributed by atoms with E-state index in [-0.39, 0.29) is 28.0 Å². The van der Waals surface area contributed by atoms with Crippen molar-refractivity contribution in [1.82, 2.24) is 0 Å². The number of hydrogen-bond donors (Lipinski definition) is 3. The van der Waals surface area contributed by atoms with Gasteiger partial charge in [0.05, 0.1) is 21.6 Å². The van der Waals surface area contributed by atoms with Gasteiger partial charge in [0.25, 0.3) is 5.69 Å². The minimum absolute atomic E-state index is 0.0503. The number of anilines is 2. The van der Waals surface area contributed by atoms with Gasteiger partial charge in [0.1, 0.15) is 11.4 Å². The van der Waals surface area contributed by atoms with Gasteiger partial charge in [0.2, 0.25) is 5.96 Å². The standard InChI is InChI=1S/C13H9BrN4O4S/c14-8-3-1-2-4-9(8)15-13-16-12-10(19)5-7(18(20)21)6-11(12)23(22)17-13/h1-6,19H,(H2,15,16,17). The largest absolute Gasteiger partial charge is 0.505 e. The van der Waals surface area contributed by atoms with Gasteiger partial charge in [0.15, 0.2) is 11.0 Å². The van der Waals surface area contributed by atoms with E-state index in [0.29, 0.717) is 5.69 Å². The fraction of sp³-hybridized carbons (Fsp3) is 0. The number of nitro groups is 1. The Balaban J connectivity index is 1.96. The van der Waals surface area contributed by atoms with E-state index in [2.05, 4.69) is 31.0 Å². The molecule has 118 valence electrons. The lowest BCUT2D eigenvalue weighted by Gasteiger charge is -2.19. The van der Waals surface area contributed by atoms with Crippen LogP contribution in [0.2, 0.25) is 0 Å². The topological polar surface area (TPSA) is 117 Å². The van der Waals surface area contributed by atoms with Crippen LogP contribution >= 0.6 is 15.9 Å². The van der Waals surface area contributed by atoms with Crippen LogP contribution in [0.15, 0.2) is 50.2 Å². The fourth-order valence-electron chi connectivity index (χ4n) is 1.97. The maximum atomic E-state index is 12.2. The second kappa shape index (κ2) is 5.97. The quantitative estimate of drug-likeness (QED) is 0.408. The Labute approximate surface area is 141 Å². The summed E-state index contributed by atoms with van der Waals surface area (Å²) in [6.07, 6.45) is 0. The second-order valence-corrected chi connectivity index (χ2v) is 6.49. The van der Waals surface area contributed by atoms with Gasteiger partial charge >= 0.3 is 0 Å². The van der Waals surface area contributed by atoms with E-state index in [1.807, 2.05) is 18.2 Å². The van der Waals surface area contributed by atoms with Crippen molar-refractivity contribution in [2.45, 2.75) is 4.90 Å². The van der Waals surface area contributed by atoms with Crippen LogP contribution < -0.4 is 10.6 Å². The van der Waals surface area contributed by atoms with Crippen molar-refractivity contribution in [3.8, 4) is 5.75 Å². The molecule has 0 radical (unpaired) electrons. The maximum Gasteiger partial charge on any atom is 0.274 e. The number of rotatable bonds is 2. The summed E-state index contributed by atoms with van der Waals surface area (Å²) in [5, 5.41) is 26.5. The minimum Gasteiger partial charge on any atom is -0.505 e. The van der Waals surface area contributed by atoms with Crippen LogP contribution in [-0.2, 0) is 11.0 Å². The van der Waals surface area contributed by atoms with Crippen molar-refractivity contribution in [3.05, 3.63) is 51.0 Å². The monoisotopic (exact) mass is 396 g/mol. The number of aromatic hydroxyl groups is 1. The molecule has 1 heterocycles. The molecule has 1 aliphatic rings. The normalized spacial score (nSPS) is 16.0. The lowest BCUT2D eigenvalue weighted by molar-refractivity contribution is -0.385. The van der Waals surface area contributed by atoms with E-state index >= 15 is 0 Å². The molecule has 1 aliphatic heterocycles. The number of guanidine groups is 1. The molecular weight excluding hydrogens is 388 g/mol. The maximum absolute atomic E-state index is 12.2. The molecule has 1 unspecified atom stereocenters. The molecule has 1 atom stereocenters. The van der Waals surface area contributed by atoms with E-state index in [9.17, 15) is 19.4 Å². The summed E-state index contributed by atoms with van der Waals surface area (Å²) >= 11 is 3.36. The Morgan fingerprint density at radius 2 is 2.09 bits per heavy atom. The van der Waals surface area contributed by atoms with Gasteiger partial charge in [-0.15, -0.1) is 4.40 Å². The van der Waals surface area contributed by atoms with Gasteiger partial charge in [-0.05, 0) is 28.1 Å². The summed E-state index contributed by atoms with van der Waals surface area (Å²) in [5.41, 5.74) is 0.452. The molecule has 0 fully saturated rings. The summed E-state index contributed by atoms with van der Waals surface area (Å²) in [7, 11) is -1.88. The summed E-state index contributed by atoms with van der Waals surface area (Å²) < 4.78 is 16.9. The molecule has 0 bridgehead atoms. The first kappa shape index (κ1) is 15.4. The molecule has 2 aromatic carbocycles. The van der Waals surface area contributed by atoms with Crippen molar-refractivity contribution < 1.29 is 14.2 Å². The second-order valence-electron chi connectivity index (χ2n) is 4.51. The van der Waals surface area contributed by atoms with Gasteiger partial charge < -0.3 is 15.7 Å². The van der Waals surface area contributed by atoms with Crippen LogP contribution in [0.25, 0.3) is 0 Å². The van der Waals surface area contributed by atoms with Gasteiger partial charge in [0, 0.05) is 10.5 Å². The van der Waals surface area contributed by atoms with Crippen LogP contribution in [0, 0.1) is 10.1 Å². The van der Waals surface area contributed by atoms with Crippen molar-refractivity contribution >= 4 is 49.9 Å². The number of nitro benzene ring substituents is 1. The Morgan fingerprint density at radius 3 is 2.78 bits per heavy atom. The SMILES string of the molecule is O=[N+]([O-])c1cc(O)c2c(c1)S(=O)N=C(Nc1ccccc1Br)N2. The number of benzene rings is 2. The van der Waals surface area contributed by atoms with Gasteiger partial charge in [-0.3, -0.25) is 10.1 Å². The molecule has 0 aromatic heterocycles. The number of nitrogens with one attached hydrogen (secondary N) is 2. The van der Waals surface area contributed by atoms with Crippen molar-refractivity contribution in [3.63, 3.8) is 0 Å². The summed E-state index contributed by atoms with van der Waals surface area (Å²) in [5.74, 6) is -0.212. The first-order valence-electron chi connectivity index (χ1n) is 6.26. The fourth-order valence-corrected chi connectivity index (χ4v) is 3.26. The third-order valence-corrected chi connectivity index (χ3v) is 4.75.